The zero-order valence-corrected chi connectivity index (χ0v) is 22.6. The van der Waals surface area contributed by atoms with Gasteiger partial charge in [0.05, 0.1) is 12.8 Å². The number of carbonyl (C=O) groups is 3. The number of aldehydes is 1. The zero-order chi connectivity index (χ0) is 28.7. The highest BCUT2D eigenvalue weighted by Gasteiger charge is 2.15. The summed E-state index contributed by atoms with van der Waals surface area (Å²) in [5.74, 6) is -0.738. The van der Waals surface area contributed by atoms with Crippen LogP contribution < -0.4 is 10.6 Å². The summed E-state index contributed by atoms with van der Waals surface area (Å²) in [7, 11) is 0. The van der Waals surface area contributed by atoms with Gasteiger partial charge in [-0.3, -0.25) is 15.0 Å². The maximum atomic E-state index is 13.2. The molecule has 3 rings (SSSR count). The van der Waals surface area contributed by atoms with Crippen molar-refractivity contribution < 1.29 is 19.0 Å². The van der Waals surface area contributed by atoms with E-state index in [1.54, 1.807) is 30.3 Å². The lowest BCUT2D eigenvalue weighted by Crippen LogP contribution is -2.25. The SMILES string of the molecule is C=[N+](CC/C1=C/C=C\C=C/CC1)c1ccc(NC(=O)/C(=C/c2cccc(C(=O)CC=O)c2)N/C=N\C=N)cc1C. The van der Waals surface area contributed by atoms with Crippen molar-refractivity contribution in [3.8, 4) is 0 Å². The maximum absolute atomic E-state index is 13.2. The second-order valence-corrected chi connectivity index (χ2v) is 9.17. The van der Waals surface area contributed by atoms with Crippen molar-refractivity contribution in [3.63, 3.8) is 0 Å². The van der Waals surface area contributed by atoms with E-state index in [1.165, 1.54) is 11.9 Å². The first-order valence-corrected chi connectivity index (χ1v) is 13.0. The zero-order valence-electron chi connectivity index (χ0n) is 22.6. The molecule has 40 heavy (non-hydrogen) atoms. The summed E-state index contributed by atoms with van der Waals surface area (Å²) < 4.78 is 1.97. The summed E-state index contributed by atoms with van der Waals surface area (Å²) in [6.07, 6.45) is 17.5. The molecule has 2 aromatic rings. The van der Waals surface area contributed by atoms with E-state index in [-0.39, 0.29) is 17.9 Å². The molecule has 0 radical (unpaired) electrons. The Morgan fingerprint density at radius 1 is 1.15 bits per heavy atom. The highest BCUT2D eigenvalue weighted by molar-refractivity contribution is 6.08. The number of carbonyl (C=O) groups excluding carboxylic acids is 3. The van der Waals surface area contributed by atoms with Crippen LogP contribution in [0.25, 0.3) is 6.08 Å². The molecule has 0 fully saturated rings. The topological polar surface area (TPSA) is 114 Å². The number of amides is 1. The number of nitrogens with one attached hydrogen (secondary N) is 3. The highest BCUT2D eigenvalue weighted by atomic mass is 16.2. The predicted molar refractivity (Wildman–Crippen MR) is 162 cm³/mol. The molecule has 3 N–H and O–H groups in total. The Hall–Kier alpha value is -4.98. The molecule has 0 unspecified atom stereocenters. The molecule has 1 aliphatic carbocycles. The number of benzene rings is 2. The van der Waals surface area contributed by atoms with Crippen molar-refractivity contribution in [2.45, 2.75) is 32.6 Å². The maximum Gasteiger partial charge on any atom is 0.272 e. The van der Waals surface area contributed by atoms with E-state index in [4.69, 9.17) is 5.41 Å². The smallest absolute Gasteiger partial charge is 0.272 e. The summed E-state index contributed by atoms with van der Waals surface area (Å²) in [4.78, 5) is 39.7. The van der Waals surface area contributed by atoms with Crippen LogP contribution in [-0.2, 0) is 9.59 Å². The lowest BCUT2D eigenvalue weighted by molar-refractivity contribution is -0.430. The first-order valence-electron chi connectivity index (χ1n) is 13.0. The Balaban J connectivity index is 1.73. The number of aryl methyl sites for hydroxylation is 1. The van der Waals surface area contributed by atoms with Crippen LogP contribution in [0.15, 0.2) is 89.1 Å². The van der Waals surface area contributed by atoms with Gasteiger partial charge in [0.15, 0.2) is 12.3 Å². The van der Waals surface area contributed by atoms with Crippen LogP contribution >= 0.6 is 0 Å². The summed E-state index contributed by atoms with van der Waals surface area (Å²) in [6.45, 7) is 6.97. The summed E-state index contributed by atoms with van der Waals surface area (Å²) >= 11 is 0. The van der Waals surface area contributed by atoms with Gasteiger partial charge in [-0.2, -0.15) is 0 Å². The molecule has 0 saturated carbocycles. The molecule has 204 valence electrons. The molecular weight excluding hydrogens is 502 g/mol. The van der Waals surface area contributed by atoms with Gasteiger partial charge in [-0.05, 0) is 49.6 Å². The number of allylic oxidation sites excluding steroid dienone is 5. The largest absolute Gasteiger partial charge is 0.342 e. The minimum absolute atomic E-state index is 0.155. The molecule has 0 heterocycles. The average Bonchev–Trinajstić information content (AvgIpc) is 2.92. The number of hydrogen-bond acceptors (Lipinski definition) is 4. The van der Waals surface area contributed by atoms with Crippen molar-refractivity contribution in [1.82, 2.24) is 5.32 Å². The normalized spacial score (nSPS) is 16.1. The number of aliphatic imine (C=N–C) groups is 1. The average molecular weight is 537 g/mol. The Morgan fingerprint density at radius 3 is 2.77 bits per heavy atom. The van der Waals surface area contributed by atoms with E-state index in [2.05, 4.69) is 46.6 Å². The number of rotatable bonds is 13. The highest BCUT2D eigenvalue weighted by Crippen LogP contribution is 2.24. The van der Waals surface area contributed by atoms with Gasteiger partial charge in [-0.15, -0.1) is 0 Å². The fourth-order valence-corrected chi connectivity index (χ4v) is 4.16. The summed E-state index contributed by atoms with van der Waals surface area (Å²) in [6, 6.07) is 12.3. The fourth-order valence-electron chi connectivity index (χ4n) is 4.16. The minimum Gasteiger partial charge on any atom is -0.342 e. The first kappa shape index (κ1) is 29.6. The lowest BCUT2D eigenvalue weighted by atomic mass is 10.0. The molecule has 8 heteroatoms. The molecule has 0 saturated heterocycles. The van der Waals surface area contributed by atoms with Gasteiger partial charge in [-0.25, -0.2) is 9.57 Å². The van der Waals surface area contributed by atoms with E-state index < -0.39 is 5.91 Å². The van der Waals surface area contributed by atoms with Crippen LogP contribution in [0.5, 0.6) is 0 Å². The number of anilines is 1. The van der Waals surface area contributed by atoms with Gasteiger partial charge < -0.3 is 15.4 Å². The molecule has 8 nitrogen and oxygen atoms in total. The number of hydrogen-bond donors (Lipinski definition) is 3. The number of Topliss-reactive ketones (excluding diaryl/α,β-unsaturated/α-hetero) is 1. The Labute approximate surface area is 234 Å². The molecule has 1 amide bonds. The molecule has 2 aromatic carbocycles. The number of ketones is 1. The van der Waals surface area contributed by atoms with Gasteiger partial charge in [0.25, 0.3) is 5.91 Å². The van der Waals surface area contributed by atoms with Gasteiger partial charge in [0.1, 0.15) is 25.0 Å². The second-order valence-electron chi connectivity index (χ2n) is 9.17. The fraction of sp³-hybridized carbons (Fsp3) is 0.188. The molecule has 0 atom stereocenters. The van der Waals surface area contributed by atoms with Crippen molar-refractivity contribution in [1.29, 1.82) is 5.41 Å². The van der Waals surface area contributed by atoms with Crippen molar-refractivity contribution in [2.75, 3.05) is 11.9 Å². The van der Waals surface area contributed by atoms with Gasteiger partial charge in [-0.1, -0.05) is 54.2 Å². The van der Waals surface area contributed by atoms with Crippen LogP contribution in [0.3, 0.4) is 0 Å². The third kappa shape index (κ3) is 9.09. The van der Waals surface area contributed by atoms with E-state index in [0.29, 0.717) is 23.1 Å². The van der Waals surface area contributed by atoms with E-state index in [9.17, 15) is 14.4 Å². The third-order valence-corrected chi connectivity index (χ3v) is 6.22. The molecular formula is C32H34N5O3+. The monoisotopic (exact) mass is 536 g/mol. The summed E-state index contributed by atoms with van der Waals surface area (Å²) in [5, 5.41) is 12.8. The minimum atomic E-state index is -0.432. The summed E-state index contributed by atoms with van der Waals surface area (Å²) in [5.41, 5.74) is 5.04. The van der Waals surface area contributed by atoms with E-state index in [0.717, 1.165) is 43.4 Å². The third-order valence-electron chi connectivity index (χ3n) is 6.22. The van der Waals surface area contributed by atoms with Crippen molar-refractivity contribution in [3.05, 3.63) is 101 Å². The molecule has 0 aromatic heterocycles. The van der Waals surface area contributed by atoms with Crippen molar-refractivity contribution in [2.24, 2.45) is 4.99 Å². The Morgan fingerprint density at radius 2 is 2.00 bits per heavy atom. The van der Waals surface area contributed by atoms with Gasteiger partial charge in [0, 0.05) is 29.3 Å². The molecule has 0 bridgehead atoms. The van der Waals surface area contributed by atoms with Crippen molar-refractivity contribution >= 4 is 54.8 Å². The Bertz CT molecular complexity index is 1430. The standard InChI is InChI=1S/C32H33N5O3/c1-24-19-28(13-14-30(24)37(2)17-15-25-9-6-4-3-5-7-10-25)36-32(40)29(35-23-34-22-33)21-26-11-8-12-27(20-26)31(39)16-18-38/h3-6,8-9,11-14,18-23H,2,7,10,15-17H2,1H3,(H2-,33,34,35,36,40)/p+1/b5-3-,6-4-,25-9+,29-21-. The first-order chi connectivity index (χ1) is 19.4. The quantitative estimate of drug-likeness (QED) is 0.0593. The predicted octanol–water partition coefficient (Wildman–Crippen LogP) is 5.54. The molecule has 0 spiro atoms. The number of nitrogens with zero attached hydrogens (tertiary/aromatic N) is 2. The van der Waals surface area contributed by atoms with Crippen LogP contribution in [0.4, 0.5) is 11.4 Å². The van der Waals surface area contributed by atoms with E-state index >= 15 is 0 Å². The molecule has 1 aliphatic rings. The second kappa shape index (κ2) is 15.4. The van der Waals surface area contributed by atoms with Crippen LogP contribution in [0, 0.1) is 12.3 Å². The lowest BCUT2D eigenvalue weighted by Gasteiger charge is -2.11. The van der Waals surface area contributed by atoms with Crippen LogP contribution in [0.2, 0.25) is 0 Å². The van der Waals surface area contributed by atoms with E-state index in [1.807, 2.05) is 35.8 Å². The van der Waals surface area contributed by atoms with Gasteiger partial charge in [0.2, 0.25) is 5.69 Å². The van der Waals surface area contributed by atoms with Gasteiger partial charge >= 0.3 is 0 Å². The molecule has 0 aliphatic heterocycles. The van der Waals surface area contributed by atoms with Crippen LogP contribution in [0.1, 0.15) is 47.2 Å². The van der Waals surface area contributed by atoms with Crippen LogP contribution in [-0.4, -0.2) is 48.5 Å². The Kier molecular flexibility index (Phi) is 11.4.